The standard InChI is InChI=1S/C32H39NO2/c1-35-31(34)32(19-7-2-8-20-32)21-9-10-22-33-23-17-27(18-24-33)30-28-13-5-3-11-25(28)15-16-26-12-4-6-14-29(26)30/h3-6,11-16H,2,7-10,17-24H2,1H3. The normalized spacial score (nSPS) is 19.6. The van der Waals surface area contributed by atoms with Gasteiger partial charge < -0.3 is 9.64 Å². The highest BCUT2D eigenvalue weighted by atomic mass is 16.5. The van der Waals surface area contributed by atoms with Crippen molar-refractivity contribution in [2.24, 2.45) is 5.41 Å². The number of hydrogen-bond acceptors (Lipinski definition) is 3. The molecule has 1 aliphatic heterocycles. The fraction of sp³-hybridized carbons (Fsp3) is 0.469. The maximum atomic E-state index is 12.5. The molecule has 0 bridgehead atoms. The highest BCUT2D eigenvalue weighted by Gasteiger charge is 2.39. The van der Waals surface area contributed by atoms with Gasteiger partial charge in [-0.05, 0) is 72.9 Å². The molecule has 184 valence electrons. The first-order valence-corrected chi connectivity index (χ1v) is 13.6. The molecule has 3 nitrogen and oxygen atoms in total. The van der Waals surface area contributed by atoms with Crippen LogP contribution in [-0.4, -0.2) is 37.6 Å². The second-order valence-electron chi connectivity index (χ2n) is 10.6. The lowest BCUT2D eigenvalue weighted by molar-refractivity contribution is -0.155. The van der Waals surface area contributed by atoms with E-state index in [9.17, 15) is 4.79 Å². The SMILES string of the molecule is COC(=O)C1(CCCCN2CCC(=C3c4ccccc4C=Cc4ccccc43)CC2)CCCCC1. The van der Waals surface area contributed by atoms with E-state index in [0.717, 1.165) is 58.2 Å². The molecule has 35 heavy (non-hydrogen) atoms. The zero-order valence-electron chi connectivity index (χ0n) is 21.2. The molecule has 3 heteroatoms. The molecule has 3 aliphatic rings. The smallest absolute Gasteiger partial charge is 0.311 e. The number of carbonyl (C=O) groups excluding carboxylic acids is 1. The van der Waals surface area contributed by atoms with E-state index < -0.39 is 0 Å². The first-order valence-electron chi connectivity index (χ1n) is 13.6. The van der Waals surface area contributed by atoms with E-state index in [1.165, 1.54) is 53.5 Å². The van der Waals surface area contributed by atoms with E-state index in [2.05, 4.69) is 65.6 Å². The van der Waals surface area contributed by atoms with Crippen LogP contribution in [0.1, 0.15) is 86.5 Å². The van der Waals surface area contributed by atoms with Gasteiger partial charge in [-0.15, -0.1) is 0 Å². The Morgan fingerprint density at radius 3 is 2.06 bits per heavy atom. The van der Waals surface area contributed by atoms with Gasteiger partial charge in [0.05, 0.1) is 12.5 Å². The Hall–Kier alpha value is -2.65. The number of ether oxygens (including phenoxy) is 1. The summed E-state index contributed by atoms with van der Waals surface area (Å²) in [5, 5.41) is 0. The maximum Gasteiger partial charge on any atom is 0.311 e. The van der Waals surface area contributed by atoms with E-state index in [-0.39, 0.29) is 11.4 Å². The first kappa shape index (κ1) is 24.1. The Labute approximate surface area is 210 Å². The number of esters is 1. The lowest BCUT2D eigenvalue weighted by Crippen LogP contribution is -2.35. The average Bonchev–Trinajstić information content (AvgIpc) is 3.08. The molecule has 1 saturated heterocycles. The minimum atomic E-state index is -0.208. The second-order valence-corrected chi connectivity index (χ2v) is 10.6. The summed E-state index contributed by atoms with van der Waals surface area (Å²) in [5.74, 6) is 0.0323. The number of hydrogen-bond donors (Lipinski definition) is 0. The molecule has 0 aromatic heterocycles. The largest absolute Gasteiger partial charge is 0.469 e. The van der Waals surface area contributed by atoms with Crippen molar-refractivity contribution in [3.8, 4) is 0 Å². The summed E-state index contributed by atoms with van der Waals surface area (Å²) in [6.07, 6.45) is 15.7. The van der Waals surface area contributed by atoms with Crippen LogP contribution in [0.4, 0.5) is 0 Å². The monoisotopic (exact) mass is 469 g/mol. The Morgan fingerprint density at radius 2 is 1.46 bits per heavy atom. The zero-order chi connectivity index (χ0) is 24.1. The number of methoxy groups -OCH3 is 1. The number of piperidine rings is 1. The third-order valence-electron chi connectivity index (χ3n) is 8.52. The average molecular weight is 470 g/mol. The van der Waals surface area contributed by atoms with Crippen molar-refractivity contribution >= 4 is 23.7 Å². The summed E-state index contributed by atoms with van der Waals surface area (Å²) in [6, 6.07) is 17.7. The Balaban J connectivity index is 1.23. The van der Waals surface area contributed by atoms with Crippen molar-refractivity contribution < 1.29 is 9.53 Å². The molecule has 0 amide bonds. The minimum absolute atomic E-state index is 0.0323. The summed E-state index contributed by atoms with van der Waals surface area (Å²) in [7, 11) is 1.56. The van der Waals surface area contributed by atoms with Gasteiger partial charge in [-0.1, -0.05) is 91.9 Å². The third kappa shape index (κ3) is 5.16. The van der Waals surface area contributed by atoms with E-state index in [1.807, 2.05) is 0 Å². The highest BCUT2D eigenvalue weighted by Crippen LogP contribution is 2.42. The lowest BCUT2D eigenvalue weighted by Gasteiger charge is -2.35. The quantitative estimate of drug-likeness (QED) is 0.279. The second kappa shape index (κ2) is 11.0. The van der Waals surface area contributed by atoms with E-state index in [4.69, 9.17) is 4.74 Å². The van der Waals surface area contributed by atoms with Crippen LogP contribution in [0.3, 0.4) is 0 Å². The van der Waals surface area contributed by atoms with Crippen LogP contribution >= 0.6 is 0 Å². The molecule has 1 heterocycles. The molecule has 0 atom stereocenters. The first-order chi connectivity index (χ1) is 17.2. The summed E-state index contributed by atoms with van der Waals surface area (Å²) in [6.45, 7) is 3.38. The molecule has 0 N–H and O–H groups in total. The van der Waals surface area contributed by atoms with Crippen LogP contribution in [-0.2, 0) is 9.53 Å². The van der Waals surface area contributed by atoms with Crippen LogP contribution in [0, 0.1) is 5.41 Å². The summed E-state index contributed by atoms with van der Waals surface area (Å²) in [5.41, 5.74) is 8.22. The number of unbranched alkanes of at least 4 members (excludes halogenated alkanes) is 1. The molecular formula is C32H39NO2. The number of rotatable bonds is 6. The molecule has 0 unspecified atom stereocenters. The van der Waals surface area contributed by atoms with Gasteiger partial charge in [0.15, 0.2) is 0 Å². The Kier molecular flexibility index (Phi) is 7.53. The van der Waals surface area contributed by atoms with Crippen molar-refractivity contribution in [1.82, 2.24) is 4.90 Å². The third-order valence-corrected chi connectivity index (χ3v) is 8.52. The molecule has 0 radical (unpaired) electrons. The van der Waals surface area contributed by atoms with Crippen LogP contribution in [0.25, 0.3) is 17.7 Å². The Morgan fingerprint density at radius 1 is 0.857 bits per heavy atom. The van der Waals surface area contributed by atoms with Crippen molar-refractivity contribution in [1.29, 1.82) is 0 Å². The number of nitrogens with zero attached hydrogens (tertiary/aromatic N) is 1. The molecule has 2 aromatic rings. The maximum absolute atomic E-state index is 12.5. The number of fused-ring (bicyclic) bond motifs is 2. The van der Waals surface area contributed by atoms with Gasteiger partial charge in [-0.25, -0.2) is 0 Å². The van der Waals surface area contributed by atoms with E-state index in [1.54, 1.807) is 12.7 Å². The number of carbonyl (C=O) groups is 1. The summed E-state index contributed by atoms with van der Waals surface area (Å²) < 4.78 is 5.21. The number of benzene rings is 2. The van der Waals surface area contributed by atoms with Crippen molar-refractivity contribution in [3.63, 3.8) is 0 Å². The molecule has 1 saturated carbocycles. The van der Waals surface area contributed by atoms with Crippen molar-refractivity contribution in [3.05, 3.63) is 76.4 Å². The molecule has 2 aromatic carbocycles. The molecular weight excluding hydrogens is 430 g/mol. The molecule has 5 rings (SSSR count). The molecule has 2 aliphatic carbocycles. The molecule has 0 spiro atoms. The van der Waals surface area contributed by atoms with E-state index in [0.29, 0.717) is 0 Å². The lowest BCUT2D eigenvalue weighted by atomic mass is 9.71. The van der Waals surface area contributed by atoms with Gasteiger partial charge in [0.2, 0.25) is 0 Å². The van der Waals surface area contributed by atoms with Gasteiger partial charge in [0.1, 0.15) is 0 Å². The highest BCUT2D eigenvalue weighted by molar-refractivity contribution is 5.94. The number of likely N-dealkylation sites (tertiary alicyclic amines) is 1. The van der Waals surface area contributed by atoms with Gasteiger partial charge in [0, 0.05) is 13.1 Å². The predicted molar refractivity (Wildman–Crippen MR) is 145 cm³/mol. The minimum Gasteiger partial charge on any atom is -0.469 e. The van der Waals surface area contributed by atoms with Crippen molar-refractivity contribution in [2.45, 2.75) is 64.2 Å². The fourth-order valence-electron chi connectivity index (χ4n) is 6.54. The van der Waals surface area contributed by atoms with Crippen LogP contribution in [0.2, 0.25) is 0 Å². The van der Waals surface area contributed by atoms with Gasteiger partial charge in [0.25, 0.3) is 0 Å². The fourth-order valence-corrected chi connectivity index (χ4v) is 6.54. The van der Waals surface area contributed by atoms with Gasteiger partial charge >= 0.3 is 5.97 Å². The van der Waals surface area contributed by atoms with Gasteiger partial charge in [-0.3, -0.25) is 4.79 Å². The van der Waals surface area contributed by atoms with E-state index >= 15 is 0 Å². The topological polar surface area (TPSA) is 29.5 Å². The molecule has 2 fully saturated rings. The summed E-state index contributed by atoms with van der Waals surface area (Å²) >= 11 is 0. The summed E-state index contributed by atoms with van der Waals surface area (Å²) in [4.78, 5) is 15.2. The van der Waals surface area contributed by atoms with Crippen molar-refractivity contribution in [2.75, 3.05) is 26.7 Å². The van der Waals surface area contributed by atoms with Gasteiger partial charge in [-0.2, -0.15) is 0 Å². The predicted octanol–water partition coefficient (Wildman–Crippen LogP) is 7.36. The van der Waals surface area contributed by atoms with Crippen LogP contribution in [0.5, 0.6) is 0 Å². The van der Waals surface area contributed by atoms with Crippen LogP contribution < -0.4 is 0 Å². The zero-order valence-corrected chi connectivity index (χ0v) is 21.2. The van der Waals surface area contributed by atoms with Crippen LogP contribution in [0.15, 0.2) is 54.1 Å². The Bertz CT molecular complexity index is 1040.